The van der Waals surface area contributed by atoms with Crippen molar-refractivity contribution < 1.29 is 22.7 Å². The average Bonchev–Trinajstić information content (AvgIpc) is 2.46. The van der Waals surface area contributed by atoms with Crippen LogP contribution in [0.1, 0.15) is 57.1 Å². The van der Waals surface area contributed by atoms with Crippen molar-refractivity contribution >= 4 is 6.09 Å². The van der Waals surface area contributed by atoms with Gasteiger partial charge in [0.05, 0.1) is 5.56 Å². The molecule has 3 N–H and O–H groups in total. The van der Waals surface area contributed by atoms with E-state index in [0.717, 1.165) is 6.07 Å². The third kappa shape index (κ3) is 5.63. The van der Waals surface area contributed by atoms with E-state index < -0.39 is 35.5 Å². The van der Waals surface area contributed by atoms with Crippen LogP contribution in [-0.2, 0) is 10.9 Å². The van der Waals surface area contributed by atoms with E-state index >= 15 is 0 Å². The van der Waals surface area contributed by atoms with Crippen molar-refractivity contribution in [1.82, 2.24) is 5.32 Å². The topological polar surface area (TPSA) is 64.3 Å². The monoisotopic (exact) mass is 358 g/mol. The van der Waals surface area contributed by atoms with Gasteiger partial charge in [-0.15, -0.1) is 0 Å². The highest BCUT2D eigenvalue weighted by molar-refractivity contribution is 5.68. The molecule has 0 bridgehead atoms. The number of ether oxygens (including phenoxy) is 1. The number of nitrogens with two attached hydrogens (primary N) is 1. The summed E-state index contributed by atoms with van der Waals surface area (Å²) in [5.41, 5.74) is 5.69. The summed E-state index contributed by atoms with van der Waals surface area (Å²) in [4.78, 5) is 11.9. The van der Waals surface area contributed by atoms with Gasteiger partial charge in [-0.3, -0.25) is 0 Å². The van der Waals surface area contributed by atoms with E-state index in [2.05, 4.69) is 5.32 Å². The highest BCUT2D eigenvalue weighted by Gasteiger charge is 2.34. The van der Waals surface area contributed by atoms with E-state index in [1.807, 2.05) is 20.8 Å². The van der Waals surface area contributed by atoms with Gasteiger partial charge in [0.2, 0.25) is 0 Å². The lowest BCUT2D eigenvalue weighted by atomic mass is 9.80. The molecule has 3 unspecified atom stereocenters. The molecule has 1 aromatic rings. The van der Waals surface area contributed by atoms with Gasteiger partial charge >= 0.3 is 12.3 Å². The molecule has 7 heteroatoms. The van der Waals surface area contributed by atoms with E-state index in [9.17, 15) is 18.0 Å². The number of carbonyl (C=O) groups is 1. The molecule has 1 aliphatic carbocycles. The first-order valence-corrected chi connectivity index (χ1v) is 8.37. The fraction of sp³-hybridized carbons (Fsp3) is 0.611. The summed E-state index contributed by atoms with van der Waals surface area (Å²) in [5.74, 6) is -0.0668. The van der Waals surface area contributed by atoms with E-state index in [4.69, 9.17) is 10.5 Å². The van der Waals surface area contributed by atoms with Crippen LogP contribution in [0.15, 0.2) is 24.3 Å². The fourth-order valence-corrected chi connectivity index (χ4v) is 3.07. The molecule has 1 aromatic carbocycles. The molecule has 25 heavy (non-hydrogen) atoms. The third-order valence-corrected chi connectivity index (χ3v) is 4.25. The molecule has 2 rings (SSSR count). The molecule has 1 fully saturated rings. The summed E-state index contributed by atoms with van der Waals surface area (Å²) in [6.45, 7) is 5.54. The Balaban J connectivity index is 1.99. The average molecular weight is 358 g/mol. The number of hydrogen-bond acceptors (Lipinski definition) is 3. The Hall–Kier alpha value is -1.76. The smallest absolute Gasteiger partial charge is 0.416 e. The molecule has 140 valence electrons. The van der Waals surface area contributed by atoms with Gasteiger partial charge in [0, 0.05) is 11.6 Å². The third-order valence-electron chi connectivity index (χ3n) is 4.25. The molecule has 1 saturated carbocycles. The highest BCUT2D eigenvalue weighted by Crippen LogP contribution is 2.36. The first-order chi connectivity index (χ1) is 11.5. The Kier molecular flexibility index (Phi) is 5.66. The van der Waals surface area contributed by atoms with Crippen LogP contribution in [0.2, 0.25) is 0 Å². The maximum atomic E-state index is 12.9. The van der Waals surface area contributed by atoms with Crippen molar-refractivity contribution in [2.45, 2.75) is 69.8 Å². The lowest BCUT2D eigenvalue weighted by Gasteiger charge is -2.34. The second-order valence-electron chi connectivity index (χ2n) is 7.62. The maximum Gasteiger partial charge on any atom is 0.416 e. The molecular formula is C18H25F3N2O2. The van der Waals surface area contributed by atoms with Crippen molar-refractivity contribution in [1.29, 1.82) is 0 Å². The number of hydrogen-bond donors (Lipinski definition) is 2. The minimum Gasteiger partial charge on any atom is -0.445 e. The first kappa shape index (κ1) is 19.6. The molecule has 0 aromatic heterocycles. The summed E-state index contributed by atoms with van der Waals surface area (Å²) in [6, 6.07) is 4.96. The second-order valence-corrected chi connectivity index (χ2v) is 7.62. The van der Waals surface area contributed by atoms with Crippen molar-refractivity contribution in [2.24, 2.45) is 5.73 Å². The number of amides is 1. The molecular weight excluding hydrogens is 333 g/mol. The van der Waals surface area contributed by atoms with Crippen LogP contribution < -0.4 is 11.1 Å². The van der Waals surface area contributed by atoms with Gasteiger partial charge in [-0.05, 0) is 57.6 Å². The summed E-state index contributed by atoms with van der Waals surface area (Å²) in [6.07, 6.45) is -3.67. The Morgan fingerprint density at radius 1 is 1.24 bits per heavy atom. The first-order valence-electron chi connectivity index (χ1n) is 8.37. The minimum atomic E-state index is -4.36. The number of halogens is 3. The molecule has 3 atom stereocenters. The molecule has 0 radical (unpaired) electrons. The van der Waals surface area contributed by atoms with Crippen LogP contribution in [0.3, 0.4) is 0 Å². The number of nitrogens with one attached hydrogen (secondary N) is 1. The molecule has 0 spiro atoms. The van der Waals surface area contributed by atoms with Gasteiger partial charge in [-0.2, -0.15) is 13.2 Å². The van der Waals surface area contributed by atoms with E-state index in [-0.39, 0.29) is 5.92 Å². The Bertz CT molecular complexity index is 611. The zero-order chi connectivity index (χ0) is 18.8. The van der Waals surface area contributed by atoms with Crippen LogP contribution in [0.25, 0.3) is 0 Å². The quantitative estimate of drug-likeness (QED) is 0.833. The van der Waals surface area contributed by atoms with E-state index in [0.29, 0.717) is 24.8 Å². The zero-order valence-electron chi connectivity index (χ0n) is 14.7. The second kappa shape index (κ2) is 7.23. The summed E-state index contributed by atoms with van der Waals surface area (Å²) in [5, 5.41) is 2.71. The van der Waals surface area contributed by atoms with Gasteiger partial charge < -0.3 is 15.8 Å². The Labute approximate surface area is 145 Å². The van der Waals surface area contributed by atoms with Crippen LogP contribution >= 0.6 is 0 Å². The lowest BCUT2D eigenvalue weighted by Crippen LogP contribution is -2.47. The van der Waals surface area contributed by atoms with Gasteiger partial charge in [0.1, 0.15) is 6.10 Å². The lowest BCUT2D eigenvalue weighted by molar-refractivity contribution is -0.137. The number of benzene rings is 1. The predicted molar refractivity (Wildman–Crippen MR) is 89.2 cm³/mol. The molecule has 0 aliphatic heterocycles. The molecule has 4 nitrogen and oxygen atoms in total. The molecule has 1 amide bonds. The van der Waals surface area contributed by atoms with E-state index in [1.165, 1.54) is 12.1 Å². The van der Waals surface area contributed by atoms with Crippen LogP contribution in [-0.4, -0.2) is 23.8 Å². The number of carbonyl (C=O) groups excluding carboxylic acids is 1. The number of rotatable bonds is 2. The van der Waals surface area contributed by atoms with Gasteiger partial charge in [0.25, 0.3) is 0 Å². The minimum absolute atomic E-state index is 0.0668. The zero-order valence-corrected chi connectivity index (χ0v) is 14.7. The van der Waals surface area contributed by atoms with Gasteiger partial charge in [-0.25, -0.2) is 4.79 Å². The molecule has 0 saturated heterocycles. The fourth-order valence-electron chi connectivity index (χ4n) is 3.07. The highest BCUT2D eigenvalue weighted by atomic mass is 19.4. The van der Waals surface area contributed by atoms with Crippen molar-refractivity contribution in [3.8, 4) is 0 Å². The summed E-state index contributed by atoms with van der Waals surface area (Å²) in [7, 11) is 0. The van der Waals surface area contributed by atoms with Crippen molar-refractivity contribution in [3.05, 3.63) is 35.4 Å². The van der Waals surface area contributed by atoms with Gasteiger partial charge in [-0.1, -0.05) is 18.2 Å². The van der Waals surface area contributed by atoms with Crippen molar-refractivity contribution in [3.63, 3.8) is 0 Å². The standard InChI is InChI=1S/C18H25F3N2O2/c1-17(2,3)23-16(24)25-15-8-7-12(10-14(15)22)11-5-4-6-13(9-11)18(19,20)21/h4-6,9,12,14-15H,7-8,10,22H2,1-3H3,(H,23,24). The maximum absolute atomic E-state index is 12.9. The Morgan fingerprint density at radius 2 is 1.92 bits per heavy atom. The number of alkyl halides is 3. The summed E-state index contributed by atoms with van der Waals surface area (Å²) >= 11 is 0. The normalized spacial score (nSPS) is 24.7. The van der Waals surface area contributed by atoms with Crippen LogP contribution in [0, 0.1) is 0 Å². The predicted octanol–water partition coefficient (Wildman–Crippen LogP) is 4.19. The molecule has 0 heterocycles. The molecule has 1 aliphatic rings. The largest absolute Gasteiger partial charge is 0.445 e. The number of alkyl carbamates (subject to hydrolysis) is 1. The van der Waals surface area contributed by atoms with Crippen molar-refractivity contribution in [2.75, 3.05) is 0 Å². The van der Waals surface area contributed by atoms with Gasteiger partial charge in [0.15, 0.2) is 0 Å². The Morgan fingerprint density at radius 3 is 2.48 bits per heavy atom. The van der Waals surface area contributed by atoms with E-state index in [1.54, 1.807) is 6.07 Å². The van der Waals surface area contributed by atoms with Crippen LogP contribution in [0.4, 0.5) is 18.0 Å². The van der Waals surface area contributed by atoms with Crippen LogP contribution in [0.5, 0.6) is 0 Å². The SMILES string of the molecule is CC(C)(C)NC(=O)OC1CCC(c2cccc(C(F)(F)F)c2)CC1N. The summed E-state index contributed by atoms with van der Waals surface area (Å²) < 4.78 is 44.0.